The molecule has 0 spiro atoms. The van der Waals surface area contributed by atoms with Crippen LogP contribution in [0.15, 0.2) is 36.7 Å². The van der Waals surface area contributed by atoms with Crippen molar-refractivity contribution in [1.29, 1.82) is 5.26 Å². The predicted octanol–water partition coefficient (Wildman–Crippen LogP) is 8.40. The molecule has 2 nitrogen and oxygen atoms in total. The zero-order valence-electron chi connectivity index (χ0n) is 13.3. The van der Waals surface area contributed by atoms with Gasteiger partial charge in [0.15, 0.2) is 0 Å². The number of halogens is 6. The average Bonchev–Trinajstić information content (AvgIpc) is 2.66. The van der Waals surface area contributed by atoms with Gasteiger partial charge >= 0.3 is 0 Å². The van der Waals surface area contributed by atoms with Crippen LogP contribution in [0.2, 0.25) is 30.1 Å². The second kappa shape index (κ2) is 8.45. The molecule has 3 aromatic rings. The van der Waals surface area contributed by atoms with Gasteiger partial charge in [0, 0.05) is 34.6 Å². The van der Waals surface area contributed by atoms with E-state index in [9.17, 15) is 5.26 Å². The zero-order chi connectivity index (χ0) is 19.7. The maximum absolute atomic E-state index is 9.37. The lowest BCUT2D eigenvalue weighted by Gasteiger charge is -2.16. The van der Waals surface area contributed by atoms with Gasteiger partial charge in [-0.1, -0.05) is 81.7 Å². The Morgan fingerprint density at radius 2 is 1.11 bits per heavy atom. The van der Waals surface area contributed by atoms with Crippen LogP contribution in [0.5, 0.6) is 0 Å². The Kier molecular flexibility index (Phi) is 6.43. The van der Waals surface area contributed by atoms with Gasteiger partial charge in [0.05, 0.1) is 42.6 Å². The monoisotopic (exact) mass is 474 g/mol. The summed E-state index contributed by atoms with van der Waals surface area (Å²) in [7, 11) is 0. The first kappa shape index (κ1) is 20.6. The topological polar surface area (TPSA) is 36.7 Å². The number of pyridine rings is 1. The Morgan fingerprint density at radius 3 is 1.52 bits per heavy atom. The van der Waals surface area contributed by atoms with Crippen LogP contribution < -0.4 is 0 Å². The lowest BCUT2D eigenvalue weighted by Crippen LogP contribution is -1.97. The normalized spacial score (nSPS) is 10.7. The van der Waals surface area contributed by atoms with Gasteiger partial charge < -0.3 is 0 Å². The van der Waals surface area contributed by atoms with E-state index in [1.165, 1.54) is 0 Å². The Balaban J connectivity index is 2.32. The highest BCUT2D eigenvalue weighted by molar-refractivity contribution is 6.50. The fraction of sp³-hybridized carbons (Fsp3) is 0.0526. The Bertz CT molecular complexity index is 1010. The van der Waals surface area contributed by atoms with Crippen molar-refractivity contribution in [2.75, 3.05) is 0 Å². The van der Waals surface area contributed by atoms with Crippen molar-refractivity contribution in [1.82, 2.24) is 4.98 Å². The molecular weight excluding hydrogens is 469 g/mol. The van der Waals surface area contributed by atoms with Crippen LogP contribution in [0.1, 0.15) is 5.56 Å². The van der Waals surface area contributed by atoms with Crippen LogP contribution in [-0.2, 0) is 6.42 Å². The van der Waals surface area contributed by atoms with E-state index in [1.807, 2.05) is 0 Å². The van der Waals surface area contributed by atoms with Crippen molar-refractivity contribution in [3.05, 3.63) is 72.4 Å². The second-order valence-electron chi connectivity index (χ2n) is 5.49. The Labute approximate surface area is 186 Å². The minimum absolute atomic E-state index is 0.0976. The van der Waals surface area contributed by atoms with Gasteiger partial charge in [-0.05, 0) is 17.7 Å². The molecule has 0 N–H and O–H groups in total. The molecule has 0 saturated carbocycles. The van der Waals surface area contributed by atoms with Gasteiger partial charge in [0.25, 0.3) is 0 Å². The molecule has 0 aliphatic heterocycles. The minimum atomic E-state index is 0.0976. The number of hydrogen-bond acceptors (Lipinski definition) is 2. The highest BCUT2D eigenvalue weighted by atomic mass is 35.5. The first-order valence-electron chi connectivity index (χ1n) is 7.48. The maximum Gasteiger partial charge on any atom is 0.0784 e. The SMILES string of the molecule is N#CCc1c(-c2ccc(Cl)c(Cl)c2Cl)cncc1-c1ccc(Cl)c(Cl)c1Cl. The van der Waals surface area contributed by atoms with Gasteiger partial charge in [-0.25, -0.2) is 0 Å². The van der Waals surface area contributed by atoms with Gasteiger partial charge in [-0.15, -0.1) is 0 Å². The summed E-state index contributed by atoms with van der Waals surface area (Å²) in [4.78, 5) is 4.29. The molecular formula is C19H8Cl6N2. The lowest BCUT2D eigenvalue weighted by atomic mass is 9.92. The fourth-order valence-corrected chi connectivity index (χ4v) is 3.96. The summed E-state index contributed by atoms with van der Waals surface area (Å²) in [6.45, 7) is 0. The van der Waals surface area contributed by atoms with Crippen molar-refractivity contribution in [3.63, 3.8) is 0 Å². The number of aromatic nitrogens is 1. The van der Waals surface area contributed by atoms with Crippen molar-refractivity contribution < 1.29 is 0 Å². The van der Waals surface area contributed by atoms with Crippen LogP contribution in [0.25, 0.3) is 22.3 Å². The summed E-state index contributed by atoms with van der Waals surface area (Å²) in [6, 6.07) is 8.90. The number of nitrogens with zero attached hydrogens (tertiary/aromatic N) is 2. The highest BCUT2D eigenvalue weighted by Crippen LogP contribution is 2.43. The first-order chi connectivity index (χ1) is 12.9. The van der Waals surface area contributed by atoms with Gasteiger partial charge in [-0.3, -0.25) is 4.98 Å². The van der Waals surface area contributed by atoms with E-state index in [1.54, 1.807) is 36.7 Å². The zero-order valence-corrected chi connectivity index (χ0v) is 17.9. The van der Waals surface area contributed by atoms with Crippen molar-refractivity contribution in [2.45, 2.75) is 6.42 Å². The quantitative estimate of drug-likeness (QED) is 0.356. The predicted molar refractivity (Wildman–Crippen MR) is 114 cm³/mol. The van der Waals surface area contributed by atoms with Crippen LogP contribution in [-0.4, -0.2) is 4.98 Å². The molecule has 0 fully saturated rings. The van der Waals surface area contributed by atoms with E-state index in [0.29, 0.717) is 37.9 Å². The summed E-state index contributed by atoms with van der Waals surface area (Å²) in [6.07, 6.45) is 3.33. The third kappa shape index (κ3) is 3.87. The third-order valence-electron chi connectivity index (χ3n) is 3.96. The molecule has 0 amide bonds. The molecule has 2 aromatic carbocycles. The summed E-state index contributed by atoms with van der Waals surface area (Å²) in [5, 5.41) is 11.1. The summed E-state index contributed by atoms with van der Waals surface area (Å²) < 4.78 is 0. The maximum atomic E-state index is 9.37. The van der Waals surface area contributed by atoms with E-state index in [0.717, 1.165) is 0 Å². The van der Waals surface area contributed by atoms with Crippen molar-refractivity contribution in [2.24, 2.45) is 0 Å². The largest absolute Gasteiger partial charge is 0.263 e. The van der Waals surface area contributed by atoms with E-state index in [2.05, 4.69) is 11.1 Å². The van der Waals surface area contributed by atoms with E-state index in [4.69, 9.17) is 69.6 Å². The van der Waals surface area contributed by atoms with Gasteiger partial charge in [-0.2, -0.15) is 5.26 Å². The average molecular weight is 477 g/mol. The van der Waals surface area contributed by atoms with Gasteiger partial charge in [0.2, 0.25) is 0 Å². The molecule has 1 heterocycles. The van der Waals surface area contributed by atoms with E-state index < -0.39 is 0 Å². The molecule has 0 aliphatic rings. The molecule has 0 bridgehead atoms. The third-order valence-corrected chi connectivity index (χ3v) is 6.55. The molecule has 8 heteroatoms. The minimum Gasteiger partial charge on any atom is -0.263 e. The molecule has 0 unspecified atom stereocenters. The molecule has 0 aliphatic carbocycles. The lowest BCUT2D eigenvalue weighted by molar-refractivity contribution is 1.22. The number of benzene rings is 2. The standard InChI is InChI=1S/C19H8Cl6N2/c20-14-3-1-10(16(22)18(14)24)12-7-27-8-13(9(12)5-6-26)11-2-4-15(21)19(25)17(11)23/h1-4,7-8H,5H2. The molecule has 27 heavy (non-hydrogen) atoms. The van der Waals surface area contributed by atoms with Gasteiger partial charge in [0.1, 0.15) is 0 Å². The van der Waals surface area contributed by atoms with Crippen LogP contribution in [0.4, 0.5) is 0 Å². The molecule has 0 radical (unpaired) electrons. The summed E-state index contributed by atoms with van der Waals surface area (Å²) in [5.74, 6) is 0. The number of rotatable bonds is 3. The van der Waals surface area contributed by atoms with Crippen molar-refractivity contribution in [3.8, 4) is 28.3 Å². The smallest absolute Gasteiger partial charge is 0.0784 e. The van der Waals surface area contributed by atoms with Crippen LogP contribution in [0, 0.1) is 11.3 Å². The molecule has 3 rings (SSSR count). The fourth-order valence-electron chi connectivity index (χ4n) is 2.69. The number of hydrogen-bond donors (Lipinski definition) is 0. The van der Waals surface area contributed by atoms with E-state index in [-0.39, 0.29) is 26.5 Å². The summed E-state index contributed by atoms with van der Waals surface area (Å²) in [5.41, 5.74) is 3.22. The summed E-state index contributed by atoms with van der Waals surface area (Å²) >= 11 is 37.2. The molecule has 1 aromatic heterocycles. The molecule has 0 atom stereocenters. The Hall–Kier alpha value is -1.18. The second-order valence-corrected chi connectivity index (χ2v) is 7.82. The Morgan fingerprint density at radius 1 is 0.667 bits per heavy atom. The van der Waals surface area contributed by atoms with E-state index >= 15 is 0 Å². The molecule has 136 valence electrons. The highest BCUT2D eigenvalue weighted by Gasteiger charge is 2.19. The van der Waals surface area contributed by atoms with Crippen LogP contribution in [0.3, 0.4) is 0 Å². The van der Waals surface area contributed by atoms with Crippen LogP contribution >= 0.6 is 69.6 Å². The first-order valence-corrected chi connectivity index (χ1v) is 9.75. The van der Waals surface area contributed by atoms with Crippen molar-refractivity contribution >= 4 is 69.6 Å². The number of nitriles is 1. The molecule has 0 saturated heterocycles.